The van der Waals surface area contributed by atoms with Crippen molar-refractivity contribution < 1.29 is 0 Å². The smallest absolute Gasteiger partial charge is 0.135 e. The molecule has 2 aromatic carbocycles. The quantitative estimate of drug-likeness (QED) is 0.717. The number of pyridine rings is 1. The molecule has 0 amide bonds. The van der Waals surface area contributed by atoms with Crippen molar-refractivity contribution in [2.75, 3.05) is 0 Å². The highest BCUT2D eigenvalue weighted by Crippen LogP contribution is 2.26. The molecule has 1 unspecified atom stereocenters. The van der Waals surface area contributed by atoms with Crippen molar-refractivity contribution in [2.45, 2.75) is 19.5 Å². The lowest BCUT2D eigenvalue weighted by Gasteiger charge is -2.14. The van der Waals surface area contributed by atoms with Crippen molar-refractivity contribution in [3.8, 4) is 6.07 Å². The third kappa shape index (κ3) is 3.50. The second-order valence-electron chi connectivity index (χ2n) is 5.49. The molecule has 3 rings (SSSR count). The van der Waals surface area contributed by atoms with Crippen molar-refractivity contribution in [3.63, 3.8) is 0 Å². The van der Waals surface area contributed by atoms with Gasteiger partial charge in [-0.3, -0.25) is 5.32 Å². The SMILES string of the molecule is Cc1ccc2nc(Cl)c(C(C#N)NCc3ccccc3)cc2c1. The molecule has 3 nitrogen and oxygen atoms in total. The van der Waals surface area contributed by atoms with Gasteiger partial charge in [0, 0.05) is 17.5 Å². The molecule has 1 aromatic heterocycles. The summed E-state index contributed by atoms with van der Waals surface area (Å²) in [4.78, 5) is 4.41. The number of nitrogens with one attached hydrogen (secondary N) is 1. The summed E-state index contributed by atoms with van der Waals surface area (Å²) in [6.07, 6.45) is 0. The maximum atomic E-state index is 9.51. The van der Waals surface area contributed by atoms with Gasteiger partial charge in [0.05, 0.1) is 11.6 Å². The van der Waals surface area contributed by atoms with Gasteiger partial charge in [0.2, 0.25) is 0 Å². The van der Waals surface area contributed by atoms with Crippen molar-refractivity contribution in [1.29, 1.82) is 5.26 Å². The molecule has 4 heteroatoms. The molecule has 3 aromatic rings. The largest absolute Gasteiger partial charge is 0.294 e. The first-order valence-electron chi connectivity index (χ1n) is 7.41. The summed E-state index contributed by atoms with van der Waals surface area (Å²) in [5.41, 5.74) is 3.82. The highest BCUT2D eigenvalue weighted by atomic mass is 35.5. The lowest BCUT2D eigenvalue weighted by atomic mass is 10.1. The van der Waals surface area contributed by atoms with Crippen LogP contribution in [0, 0.1) is 18.3 Å². The lowest BCUT2D eigenvalue weighted by Crippen LogP contribution is -2.20. The number of aromatic nitrogens is 1. The number of fused-ring (bicyclic) bond motifs is 1. The van der Waals surface area contributed by atoms with E-state index in [1.165, 1.54) is 0 Å². The fourth-order valence-electron chi connectivity index (χ4n) is 2.53. The standard InChI is InChI=1S/C19H16ClN3/c1-13-7-8-17-15(9-13)10-16(19(20)23-17)18(11-21)22-12-14-5-3-2-4-6-14/h2-10,18,22H,12H2,1H3. The summed E-state index contributed by atoms with van der Waals surface area (Å²) in [5, 5.41) is 14.1. The maximum absolute atomic E-state index is 9.51. The van der Waals surface area contributed by atoms with Crippen molar-refractivity contribution in [2.24, 2.45) is 0 Å². The normalized spacial score (nSPS) is 12.0. The molecule has 0 aliphatic carbocycles. The average Bonchev–Trinajstić information content (AvgIpc) is 2.57. The number of benzene rings is 2. The summed E-state index contributed by atoms with van der Waals surface area (Å²) in [7, 11) is 0. The first kappa shape index (κ1) is 15.5. The van der Waals surface area contributed by atoms with Gasteiger partial charge in [-0.15, -0.1) is 0 Å². The Balaban J connectivity index is 1.90. The van der Waals surface area contributed by atoms with Crippen LogP contribution >= 0.6 is 11.6 Å². The third-order valence-corrected chi connectivity index (χ3v) is 4.05. The average molecular weight is 322 g/mol. The first-order valence-corrected chi connectivity index (χ1v) is 7.79. The molecule has 1 atom stereocenters. The van der Waals surface area contributed by atoms with Gasteiger partial charge in [-0.2, -0.15) is 5.26 Å². The van der Waals surface area contributed by atoms with Crippen molar-refractivity contribution >= 4 is 22.5 Å². The summed E-state index contributed by atoms with van der Waals surface area (Å²) in [6.45, 7) is 2.63. The fraction of sp³-hybridized carbons (Fsp3) is 0.158. The predicted octanol–water partition coefficient (Wildman–Crippen LogP) is 4.55. The van der Waals surface area contributed by atoms with E-state index in [2.05, 4.69) is 16.4 Å². The van der Waals surface area contributed by atoms with Crippen LogP contribution in [0.5, 0.6) is 0 Å². The third-order valence-electron chi connectivity index (χ3n) is 3.74. The molecule has 0 radical (unpaired) electrons. The van der Waals surface area contributed by atoms with Crippen LogP contribution in [-0.4, -0.2) is 4.98 Å². The van der Waals surface area contributed by atoms with Gasteiger partial charge in [-0.05, 0) is 30.7 Å². The molecule has 0 fully saturated rings. The monoisotopic (exact) mass is 321 g/mol. The van der Waals surface area contributed by atoms with E-state index >= 15 is 0 Å². The molecule has 0 bridgehead atoms. The predicted molar refractivity (Wildman–Crippen MR) is 93.1 cm³/mol. The minimum absolute atomic E-state index is 0.369. The van der Waals surface area contributed by atoms with E-state index in [-0.39, 0.29) is 0 Å². The Bertz CT molecular complexity index is 869. The zero-order valence-corrected chi connectivity index (χ0v) is 13.5. The van der Waals surface area contributed by atoms with E-state index in [1.54, 1.807) is 0 Å². The van der Waals surface area contributed by atoms with Crippen molar-refractivity contribution in [1.82, 2.24) is 10.3 Å². The Hall–Kier alpha value is -2.41. The van der Waals surface area contributed by atoms with Gasteiger partial charge in [-0.25, -0.2) is 4.98 Å². The van der Waals surface area contributed by atoms with Crippen LogP contribution in [0.2, 0.25) is 5.15 Å². The summed E-state index contributed by atoms with van der Waals surface area (Å²) in [6, 6.07) is 19.7. The molecule has 0 saturated carbocycles. The van der Waals surface area contributed by atoms with E-state index < -0.39 is 6.04 Å². The van der Waals surface area contributed by atoms with Crippen LogP contribution in [0.3, 0.4) is 0 Å². The maximum Gasteiger partial charge on any atom is 0.135 e. The van der Waals surface area contributed by atoms with Gasteiger partial charge in [-0.1, -0.05) is 53.6 Å². The van der Waals surface area contributed by atoms with Crippen LogP contribution in [0.1, 0.15) is 22.7 Å². The highest BCUT2D eigenvalue weighted by molar-refractivity contribution is 6.30. The van der Waals surface area contributed by atoms with Crippen LogP contribution in [0.25, 0.3) is 10.9 Å². The van der Waals surface area contributed by atoms with E-state index in [4.69, 9.17) is 11.6 Å². The molecule has 0 aliphatic heterocycles. The second-order valence-corrected chi connectivity index (χ2v) is 5.85. The van der Waals surface area contributed by atoms with Crippen LogP contribution in [0.4, 0.5) is 0 Å². The van der Waals surface area contributed by atoms with E-state index in [9.17, 15) is 5.26 Å². The molecule has 1 heterocycles. The van der Waals surface area contributed by atoms with Crippen LogP contribution in [-0.2, 0) is 6.54 Å². The molecule has 0 saturated heterocycles. The fourth-order valence-corrected chi connectivity index (χ4v) is 2.79. The lowest BCUT2D eigenvalue weighted by molar-refractivity contribution is 0.629. The molecule has 114 valence electrons. The first-order chi connectivity index (χ1) is 11.2. The van der Waals surface area contributed by atoms with Gasteiger partial charge >= 0.3 is 0 Å². The Labute approximate surface area is 140 Å². The van der Waals surface area contributed by atoms with Crippen LogP contribution in [0.15, 0.2) is 54.6 Å². The minimum Gasteiger partial charge on any atom is -0.294 e. The number of halogens is 1. The molecule has 1 N–H and O–H groups in total. The number of aryl methyl sites for hydroxylation is 1. The van der Waals surface area contributed by atoms with Gasteiger partial charge in [0.1, 0.15) is 11.2 Å². The van der Waals surface area contributed by atoms with E-state index in [0.29, 0.717) is 17.3 Å². The Morgan fingerprint density at radius 2 is 1.96 bits per heavy atom. The van der Waals surface area contributed by atoms with Crippen LogP contribution < -0.4 is 5.32 Å². The topological polar surface area (TPSA) is 48.7 Å². The molecule has 23 heavy (non-hydrogen) atoms. The number of nitrogens with zero attached hydrogens (tertiary/aromatic N) is 2. The van der Waals surface area contributed by atoms with E-state index in [0.717, 1.165) is 22.0 Å². The second kappa shape index (κ2) is 6.78. The Kier molecular flexibility index (Phi) is 4.57. The number of hydrogen-bond acceptors (Lipinski definition) is 3. The van der Waals surface area contributed by atoms with E-state index in [1.807, 2.05) is 61.5 Å². The Morgan fingerprint density at radius 3 is 2.70 bits per heavy atom. The summed E-state index contributed by atoms with van der Waals surface area (Å²) in [5.74, 6) is 0. The van der Waals surface area contributed by atoms with Crippen molar-refractivity contribution in [3.05, 3.63) is 76.4 Å². The van der Waals surface area contributed by atoms with Gasteiger partial charge < -0.3 is 0 Å². The summed E-state index contributed by atoms with van der Waals surface area (Å²) >= 11 is 6.30. The van der Waals surface area contributed by atoms with Gasteiger partial charge in [0.25, 0.3) is 0 Å². The molecule has 0 aliphatic rings. The number of rotatable bonds is 4. The zero-order valence-electron chi connectivity index (χ0n) is 12.8. The highest BCUT2D eigenvalue weighted by Gasteiger charge is 2.16. The number of nitriles is 1. The number of hydrogen-bond donors (Lipinski definition) is 1. The van der Waals surface area contributed by atoms with Gasteiger partial charge in [0.15, 0.2) is 0 Å². The Morgan fingerprint density at radius 1 is 1.17 bits per heavy atom. The summed E-state index contributed by atoms with van der Waals surface area (Å²) < 4.78 is 0. The molecular weight excluding hydrogens is 306 g/mol. The zero-order chi connectivity index (χ0) is 16.2. The molecule has 0 spiro atoms. The molecular formula is C19H16ClN3. The minimum atomic E-state index is -0.500.